The lowest BCUT2D eigenvalue weighted by molar-refractivity contribution is -0.115. The first-order valence-corrected chi connectivity index (χ1v) is 7.99. The number of carbonyl (C=O) groups is 2. The Bertz CT molecular complexity index is 808. The summed E-state index contributed by atoms with van der Waals surface area (Å²) >= 11 is 2.64. The molecule has 21 heavy (non-hydrogen) atoms. The first-order chi connectivity index (χ1) is 10.2. The highest BCUT2D eigenvalue weighted by atomic mass is 32.2. The maximum absolute atomic E-state index is 11.4. The summed E-state index contributed by atoms with van der Waals surface area (Å²) < 4.78 is 1.82. The first kappa shape index (κ1) is 13.8. The Kier molecular flexibility index (Phi) is 3.76. The molecule has 0 saturated carbocycles. The molecule has 0 spiro atoms. The quantitative estimate of drug-likeness (QED) is 0.579. The highest BCUT2D eigenvalue weighted by Crippen LogP contribution is 2.31. The summed E-state index contributed by atoms with van der Waals surface area (Å²) in [6.45, 7) is 0. The number of nitrogens with two attached hydrogens (primary N) is 1. The average molecular weight is 317 g/mol. The number of hydrogen-bond donors (Lipinski definition) is 1. The second-order valence-corrected chi connectivity index (χ2v) is 6.08. The van der Waals surface area contributed by atoms with Crippen molar-refractivity contribution in [3.8, 4) is 11.3 Å². The normalized spacial score (nSPS) is 10.9. The maximum atomic E-state index is 11.4. The monoisotopic (exact) mass is 317 g/mol. The number of hydrogen-bond acceptors (Lipinski definition) is 5. The van der Waals surface area contributed by atoms with Gasteiger partial charge in [0.2, 0.25) is 5.91 Å². The molecule has 0 aliphatic carbocycles. The van der Waals surface area contributed by atoms with Crippen LogP contribution in [0.25, 0.3) is 16.2 Å². The van der Waals surface area contributed by atoms with E-state index in [2.05, 4.69) is 4.98 Å². The Morgan fingerprint density at radius 2 is 2.14 bits per heavy atom. The number of benzene rings is 1. The number of fused-ring (bicyclic) bond motifs is 1. The van der Waals surface area contributed by atoms with Crippen LogP contribution in [0.3, 0.4) is 0 Å². The van der Waals surface area contributed by atoms with Gasteiger partial charge in [-0.2, -0.15) is 0 Å². The molecule has 1 aromatic carbocycles. The molecule has 2 heterocycles. The van der Waals surface area contributed by atoms with Crippen molar-refractivity contribution in [1.82, 2.24) is 9.38 Å². The van der Waals surface area contributed by atoms with Crippen molar-refractivity contribution in [2.24, 2.45) is 5.73 Å². The molecule has 7 heteroatoms. The SMILES string of the molecule is NC(=O)CSc1nc2scc(-c3ccccc3)n2c1C=O. The number of imidazole rings is 1. The lowest BCUT2D eigenvalue weighted by atomic mass is 10.2. The fraction of sp³-hybridized carbons (Fsp3) is 0.0714. The van der Waals surface area contributed by atoms with Gasteiger partial charge >= 0.3 is 0 Å². The van der Waals surface area contributed by atoms with Gasteiger partial charge in [0, 0.05) is 5.38 Å². The number of carbonyl (C=O) groups excluding carboxylic acids is 2. The molecular weight excluding hydrogens is 306 g/mol. The third kappa shape index (κ3) is 2.57. The number of rotatable bonds is 5. The van der Waals surface area contributed by atoms with Gasteiger partial charge in [-0.05, 0) is 5.56 Å². The van der Waals surface area contributed by atoms with Crippen molar-refractivity contribution in [3.05, 3.63) is 41.4 Å². The summed E-state index contributed by atoms with van der Waals surface area (Å²) in [5.41, 5.74) is 7.52. The van der Waals surface area contributed by atoms with E-state index >= 15 is 0 Å². The van der Waals surface area contributed by atoms with Gasteiger partial charge in [0.25, 0.3) is 0 Å². The van der Waals surface area contributed by atoms with Crippen LogP contribution in [0.1, 0.15) is 10.5 Å². The zero-order valence-corrected chi connectivity index (χ0v) is 12.5. The van der Waals surface area contributed by atoms with Crippen molar-refractivity contribution in [2.45, 2.75) is 5.03 Å². The van der Waals surface area contributed by atoms with Crippen molar-refractivity contribution >= 4 is 40.3 Å². The van der Waals surface area contributed by atoms with E-state index in [0.29, 0.717) is 10.7 Å². The molecular formula is C14H11N3O2S2. The number of nitrogens with zero attached hydrogens (tertiary/aromatic N) is 2. The zero-order valence-electron chi connectivity index (χ0n) is 10.9. The Balaban J connectivity index is 2.12. The number of thiazole rings is 1. The van der Waals surface area contributed by atoms with Gasteiger partial charge in [-0.3, -0.25) is 14.0 Å². The smallest absolute Gasteiger partial charge is 0.227 e. The molecule has 1 amide bonds. The van der Waals surface area contributed by atoms with Crippen LogP contribution in [-0.2, 0) is 4.79 Å². The average Bonchev–Trinajstić information content (AvgIpc) is 3.04. The number of aromatic nitrogens is 2. The molecule has 3 rings (SSSR count). The fourth-order valence-electron chi connectivity index (χ4n) is 2.02. The third-order valence-electron chi connectivity index (χ3n) is 2.90. The standard InChI is InChI=1S/C14H11N3O2S2/c15-12(19)8-20-13-10(6-18)17-11(7-21-14(17)16-13)9-4-2-1-3-5-9/h1-7H,8H2,(H2,15,19). The first-order valence-electron chi connectivity index (χ1n) is 6.12. The van der Waals surface area contributed by atoms with Gasteiger partial charge in [0.05, 0.1) is 11.4 Å². The molecule has 0 saturated heterocycles. The van der Waals surface area contributed by atoms with Crippen LogP contribution in [0.15, 0.2) is 40.7 Å². The molecule has 0 bridgehead atoms. The summed E-state index contributed by atoms with van der Waals surface area (Å²) in [4.78, 5) is 27.5. The van der Waals surface area contributed by atoms with E-state index in [0.717, 1.165) is 22.5 Å². The predicted molar refractivity (Wildman–Crippen MR) is 83.8 cm³/mol. The van der Waals surface area contributed by atoms with E-state index in [1.165, 1.54) is 23.1 Å². The Morgan fingerprint density at radius 1 is 1.38 bits per heavy atom. The van der Waals surface area contributed by atoms with Crippen LogP contribution < -0.4 is 5.73 Å². The van der Waals surface area contributed by atoms with Gasteiger partial charge in [-0.1, -0.05) is 42.1 Å². The lowest BCUT2D eigenvalue weighted by Gasteiger charge is -2.01. The van der Waals surface area contributed by atoms with E-state index in [9.17, 15) is 9.59 Å². The summed E-state index contributed by atoms with van der Waals surface area (Å²) in [5.74, 6) is -0.330. The summed E-state index contributed by atoms with van der Waals surface area (Å²) in [5, 5.41) is 2.50. The van der Waals surface area contributed by atoms with Gasteiger partial charge in [-0.25, -0.2) is 4.98 Å². The number of thioether (sulfide) groups is 1. The Hall–Kier alpha value is -2.12. The molecule has 2 N–H and O–H groups in total. The highest BCUT2D eigenvalue weighted by Gasteiger charge is 2.17. The number of primary amides is 1. The van der Waals surface area contributed by atoms with Crippen molar-refractivity contribution in [3.63, 3.8) is 0 Å². The summed E-state index contributed by atoms with van der Waals surface area (Å²) in [6, 6.07) is 9.78. The molecule has 3 aromatic rings. The minimum atomic E-state index is -0.434. The Labute approximate surface area is 128 Å². The molecule has 0 aliphatic rings. The molecule has 0 fully saturated rings. The van der Waals surface area contributed by atoms with Crippen molar-refractivity contribution in [1.29, 1.82) is 0 Å². The number of aldehydes is 1. The van der Waals surface area contributed by atoms with Crippen molar-refractivity contribution < 1.29 is 9.59 Å². The second-order valence-electron chi connectivity index (χ2n) is 4.28. The Morgan fingerprint density at radius 3 is 2.81 bits per heavy atom. The molecule has 0 unspecified atom stereocenters. The zero-order chi connectivity index (χ0) is 14.8. The van der Waals surface area contributed by atoms with E-state index in [1.807, 2.05) is 40.1 Å². The lowest BCUT2D eigenvalue weighted by Crippen LogP contribution is -2.13. The summed E-state index contributed by atoms with van der Waals surface area (Å²) in [7, 11) is 0. The van der Waals surface area contributed by atoms with Crippen LogP contribution >= 0.6 is 23.1 Å². The maximum Gasteiger partial charge on any atom is 0.227 e. The number of amides is 1. The van der Waals surface area contributed by atoms with Gasteiger partial charge in [-0.15, -0.1) is 11.3 Å². The summed E-state index contributed by atoms with van der Waals surface area (Å²) in [6.07, 6.45) is 0.766. The van der Waals surface area contributed by atoms with Crippen LogP contribution in [-0.4, -0.2) is 27.3 Å². The molecule has 0 atom stereocenters. The van der Waals surface area contributed by atoms with Crippen LogP contribution in [0.5, 0.6) is 0 Å². The van der Waals surface area contributed by atoms with Crippen molar-refractivity contribution in [2.75, 3.05) is 5.75 Å². The second kappa shape index (κ2) is 5.71. The largest absolute Gasteiger partial charge is 0.369 e. The predicted octanol–water partition coefficient (Wildman–Crippen LogP) is 2.45. The van der Waals surface area contributed by atoms with E-state index in [4.69, 9.17) is 5.73 Å². The van der Waals surface area contributed by atoms with Gasteiger partial charge in [0.15, 0.2) is 11.2 Å². The molecule has 0 radical (unpaired) electrons. The molecule has 0 aliphatic heterocycles. The van der Waals surface area contributed by atoms with Gasteiger partial charge in [0.1, 0.15) is 10.7 Å². The minimum absolute atomic E-state index is 0.104. The fourth-order valence-corrected chi connectivity index (χ4v) is 3.70. The molecule has 2 aromatic heterocycles. The van der Waals surface area contributed by atoms with E-state index in [-0.39, 0.29) is 5.75 Å². The molecule has 106 valence electrons. The van der Waals surface area contributed by atoms with Crippen LogP contribution in [0.2, 0.25) is 0 Å². The topological polar surface area (TPSA) is 77.5 Å². The van der Waals surface area contributed by atoms with Crippen LogP contribution in [0, 0.1) is 0 Å². The van der Waals surface area contributed by atoms with E-state index < -0.39 is 5.91 Å². The minimum Gasteiger partial charge on any atom is -0.369 e. The van der Waals surface area contributed by atoms with Gasteiger partial charge < -0.3 is 5.73 Å². The third-order valence-corrected chi connectivity index (χ3v) is 4.73. The highest BCUT2D eigenvalue weighted by molar-refractivity contribution is 8.00. The molecule has 5 nitrogen and oxygen atoms in total. The van der Waals surface area contributed by atoms with E-state index in [1.54, 1.807) is 0 Å². The van der Waals surface area contributed by atoms with Crippen LogP contribution in [0.4, 0.5) is 0 Å².